The predicted octanol–water partition coefficient (Wildman–Crippen LogP) is 3.49. The Balaban J connectivity index is 1.99. The molecule has 94 valence electrons. The summed E-state index contributed by atoms with van der Waals surface area (Å²) in [4.78, 5) is 4.05. The number of aromatic nitrogens is 1. The first-order valence-electron chi connectivity index (χ1n) is 6.51. The maximum absolute atomic E-state index is 4.05. The third-order valence-corrected chi connectivity index (χ3v) is 3.30. The fraction of sp³-hybridized carbons (Fsp3) is 0.312. The molecular weight excluding hydrogens is 220 g/mol. The normalized spacial score (nSPS) is 12.3. The average Bonchev–Trinajstić information content (AvgIpc) is 2.46. The Kier molecular flexibility index (Phi) is 4.48. The van der Waals surface area contributed by atoms with Crippen molar-refractivity contribution in [1.29, 1.82) is 0 Å². The lowest BCUT2D eigenvalue weighted by Crippen LogP contribution is -2.18. The van der Waals surface area contributed by atoms with Crippen LogP contribution in [0, 0.1) is 0 Å². The summed E-state index contributed by atoms with van der Waals surface area (Å²) in [7, 11) is 0. The van der Waals surface area contributed by atoms with Crippen LogP contribution < -0.4 is 5.32 Å². The van der Waals surface area contributed by atoms with Crippen LogP contribution in [-0.2, 0) is 13.0 Å². The van der Waals surface area contributed by atoms with E-state index in [4.69, 9.17) is 0 Å². The summed E-state index contributed by atoms with van der Waals surface area (Å²) in [6, 6.07) is 13.1. The fourth-order valence-corrected chi connectivity index (χ4v) is 2.11. The number of aryl methyl sites for hydroxylation is 1. The van der Waals surface area contributed by atoms with Crippen molar-refractivity contribution in [3.05, 3.63) is 65.5 Å². The zero-order chi connectivity index (χ0) is 12.8. The fourth-order valence-electron chi connectivity index (χ4n) is 2.11. The minimum atomic E-state index is 0.345. The van der Waals surface area contributed by atoms with E-state index < -0.39 is 0 Å². The van der Waals surface area contributed by atoms with Crippen LogP contribution in [0.2, 0.25) is 0 Å². The molecule has 1 aromatic heterocycles. The molecule has 2 heteroatoms. The molecule has 0 fully saturated rings. The van der Waals surface area contributed by atoms with Crippen molar-refractivity contribution >= 4 is 0 Å². The summed E-state index contributed by atoms with van der Waals surface area (Å²) >= 11 is 0. The second-order valence-electron chi connectivity index (χ2n) is 4.51. The smallest absolute Gasteiger partial charge is 0.0296 e. The van der Waals surface area contributed by atoms with Gasteiger partial charge in [-0.2, -0.15) is 0 Å². The summed E-state index contributed by atoms with van der Waals surface area (Å²) in [6.07, 6.45) is 4.77. The number of benzene rings is 1. The first-order chi connectivity index (χ1) is 8.81. The van der Waals surface area contributed by atoms with Crippen molar-refractivity contribution in [2.75, 3.05) is 0 Å². The van der Waals surface area contributed by atoms with Gasteiger partial charge in [-0.05, 0) is 42.2 Å². The molecule has 1 heterocycles. The van der Waals surface area contributed by atoms with Gasteiger partial charge in [0.2, 0.25) is 0 Å². The van der Waals surface area contributed by atoms with Gasteiger partial charge in [0, 0.05) is 25.0 Å². The minimum Gasteiger partial charge on any atom is -0.306 e. The number of hydrogen-bond donors (Lipinski definition) is 1. The second kappa shape index (κ2) is 6.31. The molecule has 1 N–H and O–H groups in total. The third kappa shape index (κ3) is 3.17. The Hall–Kier alpha value is -1.67. The van der Waals surface area contributed by atoms with E-state index >= 15 is 0 Å². The van der Waals surface area contributed by atoms with Gasteiger partial charge in [-0.15, -0.1) is 0 Å². The van der Waals surface area contributed by atoms with Crippen molar-refractivity contribution in [3.63, 3.8) is 0 Å². The molecule has 2 rings (SSSR count). The first-order valence-corrected chi connectivity index (χ1v) is 6.51. The molecule has 0 aliphatic carbocycles. The lowest BCUT2D eigenvalue weighted by Gasteiger charge is -2.15. The molecule has 0 saturated heterocycles. The number of nitrogens with zero attached hydrogens (tertiary/aromatic N) is 1. The van der Waals surface area contributed by atoms with Crippen LogP contribution in [0.5, 0.6) is 0 Å². The number of pyridine rings is 1. The SMILES string of the molecule is CCc1ccccc1CN[C@H](C)c1ccncc1. The van der Waals surface area contributed by atoms with Crippen molar-refractivity contribution in [2.45, 2.75) is 32.9 Å². The molecule has 2 aromatic rings. The molecule has 0 unspecified atom stereocenters. The predicted molar refractivity (Wildman–Crippen MR) is 75.3 cm³/mol. The van der Waals surface area contributed by atoms with E-state index in [1.54, 1.807) is 0 Å². The highest BCUT2D eigenvalue weighted by Gasteiger charge is 2.05. The number of hydrogen-bond acceptors (Lipinski definition) is 2. The van der Waals surface area contributed by atoms with Crippen LogP contribution in [0.1, 0.15) is 36.6 Å². The van der Waals surface area contributed by atoms with Crippen LogP contribution >= 0.6 is 0 Å². The monoisotopic (exact) mass is 240 g/mol. The highest BCUT2D eigenvalue weighted by molar-refractivity contribution is 5.27. The summed E-state index contributed by atoms with van der Waals surface area (Å²) in [5.41, 5.74) is 4.09. The number of nitrogens with one attached hydrogen (secondary N) is 1. The Labute approximate surface area is 109 Å². The molecular formula is C16H20N2. The highest BCUT2D eigenvalue weighted by Crippen LogP contribution is 2.14. The maximum atomic E-state index is 4.05. The topological polar surface area (TPSA) is 24.9 Å². The van der Waals surface area contributed by atoms with E-state index in [0.29, 0.717) is 6.04 Å². The Morgan fingerprint density at radius 2 is 1.72 bits per heavy atom. The second-order valence-corrected chi connectivity index (χ2v) is 4.51. The van der Waals surface area contributed by atoms with Crippen LogP contribution in [0.4, 0.5) is 0 Å². The Bertz CT molecular complexity index is 479. The first kappa shape index (κ1) is 12.8. The van der Waals surface area contributed by atoms with Crippen molar-refractivity contribution in [2.24, 2.45) is 0 Å². The summed E-state index contributed by atoms with van der Waals surface area (Å²) in [5.74, 6) is 0. The molecule has 2 nitrogen and oxygen atoms in total. The Morgan fingerprint density at radius 1 is 1.06 bits per heavy atom. The van der Waals surface area contributed by atoms with Crippen LogP contribution in [0.25, 0.3) is 0 Å². The van der Waals surface area contributed by atoms with E-state index in [-0.39, 0.29) is 0 Å². The third-order valence-electron chi connectivity index (χ3n) is 3.30. The molecule has 18 heavy (non-hydrogen) atoms. The highest BCUT2D eigenvalue weighted by atomic mass is 14.9. The molecule has 0 bridgehead atoms. The van der Waals surface area contributed by atoms with Crippen LogP contribution in [-0.4, -0.2) is 4.98 Å². The maximum Gasteiger partial charge on any atom is 0.0296 e. The van der Waals surface area contributed by atoms with Gasteiger partial charge in [0.15, 0.2) is 0 Å². The summed E-state index contributed by atoms with van der Waals surface area (Å²) < 4.78 is 0. The van der Waals surface area contributed by atoms with E-state index in [2.05, 4.69) is 60.5 Å². The average molecular weight is 240 g/mol. The van der Waals surface area contributed by atoms with Crippen molar-refractivity contribution < 1.29 is 0 Å². The van der Waals surface area contributed by atoms with Gasteiger partial charge >= 0.3 is 0 Å². The molecule has 0 radical (unpaired) electrons. The molecule has 1 aromatic carbocycles. The zero-order valence-electron chi connectivity index (χ0n) is 11.1. The van der Waals surface area contributed by atoms with Gasteiger partial charge < -0.3 is 5.32 Å². The largest absolute Gasteiger partial charge is 0.306 e. The zero-order valence-corrected chi connectivity index (χ0v) is 11.1. The van der Waals surface area contributed by atoms with Gasteiger partial charge in [-0.3, -0.25) is 4.98 Å². The van der Waals surface area contributed by atoms with Gasteiger partial charge in [0.25, 0.3) is 0 Å². The molecule has 0 aliphatic rings. The van der Waals surface area contributed by atoms with Gasteiger partial charge in [-0.25, -0.2) is 0 Å². The molecule has 0 aliphatic heterocycles. The van der Waals surface area contributed by atoms with E-state index in [9.17, 15) is 0 Å². The molecule has 0 amide bonds. The van der Waals surface area contributed by atoms with Crippen molar-refractivity contribution in [1.82, 2.24) is 10.3 Å². The minimum absolute atomic E-state index is 0.345. The quantitative estimate of drug-likeness (QED) is 0.865. The van der Waals surface area contributed by atoms with Gasteiger partial charge in [0.05, 0.1) is 0 Å². The van der Waals surface area contributed by atoms with Crippen LogP contribution in [0.15, 0.2) is 48.8 Å². The van der Waals surface area contributed by atoms with Crippen LogP contribution in [0.3, 0.4) is 0 Å². The molecule has 0 saturated carbocycles. The molecule has 1 atom stereocenters. The molecule has 0 spiro atoms. The lowest BCUT2D eigenvalue weighted by atomic mass is 10.0. The van der Waals surface area contributed by atoms with E-state index in [1.807, 2.05) is 12.4 Å². The number of rotatable bonds is 5. The lowest BCUT2D eigenvalue weighted by molar-refractivity contribution is 0.572. The standard InChI is InChI=1S/C16H20N2/c1-3-14-6-4-5-7-16(14)12-18-13(2)15-8-10-17-11-9-15/h4-11,13,18H,3,12H2,1-2H3/t13-/m1/s1. The summed E-state index contributed by atoms with van der Waals surface area (Å²) in [6.45, 7) is 5.29. The van der Waals surface area contributed by atoms with E-state index in [1.165, 1.54) is 16.7 Å². The van der Waals surface area contributed by atoms with Gasteiger partial charge in [-0.1, -0.05) is 31.2 Å². The van der Waals surface area contributed by atoms with Gasteiger partial charge in [0.1, 0.15) is 0 Å². The van der Waals surface area contributed by atoms with Crippen molar-refractivity contribution in [3.8, 4) is 0 Å². The Morgan fingerprint density at radius 3 is 2.39 bits per heavy atom. The summed E-state index contributed by atoms with van der Waals surface area (Å²) in [5, 5.41) is 3.56. The van der Waals surface area contributed by atoms with E-state index in [0.717, 1.165) is 13.0 Å².